The van der Waals surface area contributed by atoms with Crippen molar-refractivity contribution in [2.24, 2.45) is 0 Å². The third kappa shape index (κ3) is 12.8. The van der Waals surface area contributed by atoms with Crippen LogP contribution in [0.15, 0.2) is 206 Å². The molecule has 3 aliphatic heterocycles. The molecule has 7 aromatic rings. The largest absolute Gasteiger partial charge is 0.497 e. The average Bonchev–Trinajstić information content (AvgIpc) is 3.50. The summed E-state index contributed by atoms with van der Waals surface area (Å²) in [6.07, 6.45) is -13.3. The second-order valence-electron chi connectivity index (χ2n) is 18.1. The highest BCUT2D eigenvalue weighted by atomic mass is 16.8. The van der Waals surface area contributed by atoms with E-state index in [4.69, 9.17) is 56.8 Å². The quantitative estimate of drug-likeness (QED) is 0.0556. The fourth-order valence-electron chi connectivity index (χ4n) is 9.16. The Hall–Kier alpha value is -7.73. The van der Waals surface area contributed by atoms with E-state index in [0.29, 0.717) is 5.75 Å². The van der Waals surface area contributed by atoms with E-state index in [2.05, 4.69) is 0 Å². The van der Waals surface area contributed by atoms with Gasteiger partial charge in [-0.3, -0.25) is 0 Å². The van der Waals surface area contributed by atoms with E-state index >= 15 is 0 Å². The van der Waals surface area contributed by atoms with Gasteiger partial charge in [-0.05, 0) is 71.8 Å². The lowest BCUT2D eigenvalue weighted by Crippen LogP contribution is -2.68. The predicted octanol–water partition coefficient (Wildman–Crippen LogP) is 9.50. The number of carbonyl (C=O) groups is 3. The van der Waals surface area contributed by atoms with Crippen LogP contribution in [0.5, 0.6) is 11.5 Å². The Morgan fingerprint density at radius 1 is 0.474 bits per heavy atom. The summed E-state index contributed by atoms with van der Waals surface area (Å²) >= 11 is 0. The van der Waals surface area contributed by atoms with E-state index in [9.17, 15) is 14.4 Å². The second kappa shape index (κ2) is 25.2. The van der Waals surface area contributed by atoms with Crippen LogP contribution in [0.25, 0.3) is 0 Å². The van der Waals surface area contributed by atoms with Gasteiger partial charge >= 0.3 is 17.9 Å². The number of hydrogen-bond donors (Lipinski definition) is 0. The van der Waals surface area contributed by atoms with Gasteiger partial charge in [0.1, 0.15) is 54.7 Å². The fourth-order valence-corrected chi connectivity index (χ4v) is 9.16. The van der Waals surface area contributed by atoms with Crippen molar-refractivity contribution in [3.05, 3.63) is 240 Å². The first kappa shape index (κ1) is 51.7. The van der Waals surface area contributed by atoms with E-state index in [-0.39, 0.29) is 42.3 Å². The van der Waals surface area contributed by atoms with Crippen LogP contribution in [-0.4, -0.2) is 99.6 Å². The Morgan fingerprint density at radius 3 is 1.51 bits per heavy atom. The summed E-state index contributed by atoms with van der Waals surface area (Å²) in [7, 11) is 1.54. The number of fused-ring (bicyclic) bond motifs is 1. The highest BCUT2D eigenvalue weighted by Crippen LogP contribution is 2.40. The molecule has 3 fully saturated rings. The van der Waals surface area contributed by atoms with Gasteiger partial charge in [-0.15, -0.1) is 0 Å². The van der Waals surface area contributed by atoms with Crippen LogP contribution in [0.2, 0.25) is 0 Å². The number of rotatable bonds is 19. The molecule has 15 heteroatoms. The molecule has 7 aromatic carbocycles. The first-order valence-electron chi connectivity index (χ1n) is 25.0. The first-order valence-corrected chi connectivity index (χ1v) is 25.0. The van der Waals surface area contributed by atoms with Gasteiger partial charge in [0.05, 0.1) is 43.6 Å². The minimum absolute atomic E-state index is 0.0363. The maximum atomic E-state index is 14.5. The maximum Gasteiger partial charge on any atom is 0.338 e. The van der Waals surface area contributed by atoms with Crippen LogP contribution in [0.1, 0.15) is 54.1 Å². The molecule has 0 bridgehead atoms. The molecule has 1 unspecified atom stereocenters. The molecule has 0 amide bonds. The lowest BCUT2D eigenvalue weighted by molar-refractivity contribution is -0.391. The summed E-state index contributed by atoms with van der Waals surface area (Å²) in [5.74, 6) is -1.41. The van der Waals surface area contributed by atoms with Gasteiger partial charge in [0.15, 0.2) is 24.8 Å². The minimum Gasteiger partial charge on any atom is -0.497 e. The summed E-state index contributed by atoms with van der Waals surface area (Å²) in [5.41, 5.74) is 3.16. The molecule has 15 nitrogen and oxygen atoms in total. The third-order valence-corrected chi connectivity index (χ3v) is 13.0. The maximum absolute atomic E-state index is 14.5. The van der Waals surface area contributed by atoms with Crippen LogP contribution in [0.3, 0.4) is 0 Å². The lowest BCUT2D eigenvalue weighted by atomic mass is 9.95. The summed E-state index contributed by atoms with van der Waals surface area (Å²) < 4.78 is 79.0. The zero-order valence-corrected chi connectivity index (χ0v) is 41.4. The van der Waals surface area contributed by atoms with E-state index in [1.165, 1.54) is 7.11 Å². The number of benzene rings is 7. The molecule has 390 valence electrons. The van der Waals surface area contributed by atoms with Crippen LogP contribution < -0.4 is 9.47 Å². The number of carbonyl (C=O) groups excluding carboxylic acids is 3. The number of methoxy groups -OCH3 is 1. The van der Waals surface area contributed by atoms with Crippen molar-refractivity contribution >= 4 is 17.9 Å². The van der Waals surface area contributed by atoms with Crippen molar-refractivity contribution in [2.75, 3.05) is 20.3 Å². The van der Waals surface area contributed by atoms with Gasteiger partial charge in [-0.1, -0.05) is 146 Å². The Morgan fingerprint density at radius 2 is 0.961 bits per heavy atom. The molecule has 0 aliphatic carbocycles. The molecular formula is C61H56O15. The van der Waals surface area contributed by atoms with Crippen molar-refractivity contribution < 1.29 is 71.2 Å². The Labute approximate surface area is 440 Å². The highest BCUT2D eigenvalue weighted by Gasteiger charge is 2.58. The first-order chi connectivity index (χ1) is 37.4. The molecule has 0 radical (unpaired) electrons. The highest BCUT2D eigenvalue weighted by molar-refractivity contribution is 5.90. The summed E-state index contributed by atoms with van der Waals surface area (Å²) in [5, 5.41) is 0. The van der Waals surface area contributed by atoms with Crippen molar-refractivity contribution in [3.63, 3.8) is 0 Å². The summed E-state index contributed by atoms with van der Waals surface area (Å²) in [6.45, 7) is -0.235. The van der Waals surface area contributed by atoms with Crippen LogP contribution >= 0.6 is 0 Å². The molecule has 0 aromatic heterocycles. The molecule has 3 saturated heterocycles. The molecule has 0 spiro atoms. The Kier molecular flexibility index (Phi) is 17.2. The van der Waals surface area contributed by atoms with Gasteiger partial charge in [-0.2, -0.15) is 0 Å². The second-order valence-corrected chi connectivity index (χ2v) is 18.1. The van der Waals surface area contributed by atoms with Crippen molar-refractivity contribution in [1.82, 2.24) is 0 Å². The van der Waals surface area contributed by atoms with E-state index in [1.807, 2.05) is 91.0 Å². The van der Waals surface area contributed by atoms with Gasteiger partial charge in [0.2, 0.25) is 6.29 Å². The molecule has 3 aliphatic rings. The van der Waals surface area contributed by atoms with Gasteiger partial charge in [0, 0.05) is 5.56 Å². The SMILES string of the molecule is COc1ccc(O[C@@H]2O[C@H](COC(=O)c3ccccc3)[C@H](OC(=O)c3ccccc3)[C@H](O[C@@H]3O[C@@H]4COC(c5ccccc5)O[C@H]4[C@H](OCc4ccccc4)[C@@H]3OCc3ccccc3)[C@H]2OC(=O)c2ccccc2)cc1. The van der Waals surface area contributed by atoms with Crippen molar-refractivity contribution in [3.8, 4) is 11.5 Å². The lowest BCUT2D eigenvalue weighted by Gasteiger charge is -2.51. The van der Waals surface area contributed by atoms with E-state index in [0.717, 1.165) is 16.7 Å². The topological polar surface area (TPSA) is 162 Å². The number of hydrogen-bond acceptors (Lipinski definition) is 15. The van der Waals surface area contributed by atoms with Gasteiger partial charge in [0.25, 0.3) is 0 Å². The number of ether oxygens (including phenoxy) is 12. The summed E-state index contributed by atoms with van der Waals surface area (Å²) in [6, 6.07) is 60.6. The monoisotopic (exact) mass is 1030 g/mol. The van der Waals surface area contributed by atoms with Crippen LogP contribution in [-0.2, 0) is 60.6 Å². The molecule has 11 atom stereocenters. The standard InChI is InChI=1S/C61H56O15/c1-65-46-32-34-47(35-33-46)70-61-55(74-58(64)44-28-16-6-17-29-44)53(51(73-57(63)43-26-14-5-15-27-43)48(72-61)38-68-56(62)42-24-12-4-13-25-42)76-60-54(67-37-41-22-10-3-11-23-41)52(66-36-40-20-8-2-9-21-40)50-49(71-60)39-69-59(75-50)45-30-18-7-19-31-45/h2-35,48-55,59-61H,36-39H2,1H3/t48-,49-,50-,51+,52+,53+,54+,55-,59?,60+,61-/m1/s1. The zero-order chi connectivity index (χ0) is 52.1. The normalized spacial score (nSPS) is 25.0. The molecule has 0 saturated carbocycles. The molecular weight excluding hydrogens is 973 g/mol. The Bertz CT molecular complexity index is 2920. The van der Waals surface area contributed by atoms with Crippen molar-refractivity contribution in [1.29, 1.82) is 0 Å². The summed E-state index contributed by atoms with van der Waals surface area (Å²) in [4.78, 5) is 42.7. The minimum atomic E-state index is -1.55. The molecule has 3 heterocycles. The van der Waals surface area contributed by atoms with Crippen LogP contribution in [0, 0.1) is 0 Å². The smallest absolute Gasteiger partial charge is 0.338 e. The van der Waals surface area contributed by atoms with Gasteiger partial charge in [-0.25, -0.2) is 14.4 Å². The molecule has 76 heavy (non-hydrogen) atoms. The zero-order valence-electron chi connectivity index (χ0n) is 41.4. The fraction of sp³-hybridized carbons (Fsp3) is 0.262. The Balaban J connectivity index is 1.08. The predicted molar refractivity (Wildman–Crippen MR) is 274 cm³/mol. The molecule has 0 N–H and O–H groups in total. The van der Waals surface area contributed by atoms with Gasteiger partial charge < -0.3 is 56.8 Å². The van der Waals surface area contributed by atoms with E-state index < -0.39 is 92.2 Å². The van der Waals surface area contributed by atoms with Crippen LogP contribution in [0.4, 0.5) is 0 Å². The van der Waals surface area contributed by atoms with Crippen molar-refractivity contribution in [2.45, 2.75) is 80.9 Å². The third-order valence-electron chi connectivity index (χ3n) is 13.0. The number of esters is 3. The molecule has 10 rings (SSSR count). The van der Waals surface area contributed by atoms with E-state index in [1.54, 1.807) is 115 Å². The average molecular weight is 1030 g/mol.